The van der Waals surface area contributed by atoms with Crippen molar-refractivity contribution >= 4 is 11.5 Å². The zero-order valence-electron chi connectivity index (χ0n) is 8.70. The lowest BCUT2D eigenvalue weighted by Gasteiger charge is -2.07. The SMILES string of the molecule is C=C/C(=N/C(C)C)Nc1ccccc1. The summed E-state index contributed by atoms with van der Waals surface area (Å²) in [5, 5.41) is 3.19. The van der Waals surface area contributed by atoms with Gasteiger partial charge in [-0.1, -0.05) is 24.8 Å². The van der Waals surface area contributed by atoms with Gasteiger partial charge in [-0.3, -0.25) is 4.99 Å². The van der Waals surface area contributed by atoms with Crippen LogP contribution in [0.5, 0.6) is 0 Å². The minimum atomic E-state index is 0.277. The Balaban J connectivity index is 2.71. The Morgan fingerprint density at radius 2 is 2.00 bits per heavy atom. The molecule has 0 saturated carbocycles. The Labute approximate surface area is 85.4 Å². The van der Waals surface area contributed by atoms with Crippen LogP contribution in [0.4, 0.5) is 5.69 Å². The number of aliphatic imine (C=N–C) groups is 1. The first-order chi connectivity index (χ1) is 6.72. The molecular formula is C12H16N2. The normalized spacial score (nSPS) is 11.5. The number of hydrogen-bond donors (Lipinski definition) is 1. The van der Waals surface area contributed by atoms with Crippen LogP contribution >= 0.6 is 0 Å². The van der Waals surface area contributed by atoms with Crippen LogP contribution in [0.25, 0.3) is 0 Å². The predicted octanol–water partition coefficient (Wildman–Crippen LogP) is 3.09. The highest BCUT2D eigenvalue weighted by Gasteiger charge is 1.95. The molecule has 1 rings (SSSR count). The van der Waals surface area contributed by atoms with Gasteiger partial charge in [0.05, 0.1) is 0 Å². The van der Waals surface area contributed by atoms with E-state index in [4.69, 9.17) is 0 Å². The van der Waals surface area contributed by atoms with E-state index < -0.39 is 0 Å². The molecule has 2 nitrogen and oxygen atoms in total. The van der Waals surface area contributed by atoms with Crippen LogP contribution in [-0.4, -0.2) is 11.9 Å². The van der Waals surface area contributed by atoms with Gasteiger partial charge in [0.15, 0.2) is 0 Å². The summed E-state index contributed by atoms with van der Waals surface area (Å²) in [5.41, 5.74) is 1.03. The van der Waals surface area contributed by atoms with Gasteiger partial charge in [-0.2, -0.15) is 0 Å². The van der Waals surface area contributed by atoms with Gasteiger partial charge in [0.2, 0.25) is 0 Å². The lowest BCUT2D eigenvalue weighted by Crippen LogP contribution is -2.11. The summed E-state index contributed by atoms with van der Waals surface area (Å²) in [6.45, 7) is 7.79. The molecule has 0 fully saturated rings. The van der Waals surface area contributed by atoms with Crippen LogP contribution in [0.15, 0.2) is 48.0 Å². The zero-order valence-corrected chi connectivity index (χ0v) is 8.70. The first kappa shape index (κ1) is 10.5. The van der Waals surface area contributed by atoms with Crippen molar-refractivity contribution in [1.82, 2.24) is 0 Å². The molecule has 0 aliphatic carbocycles. The van der Waals surface area contributed by atoms with Gasteiger partial charge >= 0.3 is 0 Å². The molecular weight excluding hydrogens is 172 g/mol. The fourth-order valence-corrected chi connectivity index (χ4v) is 1.08. The zero-order chi connectivity index (χ0) is 10.4. The number of nitrogens with one attached hydrogen (secondary N) is 1. The molecule has 1 N–H and O–H groups in total. The molecule has 0 aromatic heterocycles. The Hall–Kier alpha value is -1.57. The van der Waals surface area contributed by atoms with Crippen molar-refractivity contribution in [2.45, 2.75) is 19.9 Å². The van der Waals surface area contributed by atoms with E-state index in [0.717, 1.165) is 11.5 Å². The van der Waals surface area contributed by atoms with Gasteiger partial charge in [0, 0.05) is 11.7 Å². The summed E-state index contributed by atoms with van der Waals surface area (Å²) < 4.78 is 0. The van der Waals surface area contributed by atoms with E-state index in [1.807, 2.05) is 44.2 Å². The number of nitrogens with zero attached hydrogens (tertiary/aromatic N) is 1. The van der Waals surface area contributed by atoms with E-state index in [1.54, 1.807) is 6.08 Å². The molecule has 2 heteroatoms. The van der Waals surface area contributed by atoms with Crippen molar-refractivity contribution in [1.29, 1.82) is 0 Å². The minimum absolute atomic E-state index is 0.277. The van der Waals surface area contributed by atoms with Crippen LogP contribution in [0.1, 0.15) is 13.8 Å². The average molecular weight is 188 g/mol. The number of rotatable bonds is 3. The molecule has 0 unspecified atom stereocenters. The van der Waals surface area contributed by atoms with Gasteiger partial charge in [0.25, 0.3) is 0 Å². The van der Waals surface area contributed by atoms with E-state index in [-0.39, 0.29) is 6.04 Å². The highest BCUT2D eigenvalue weighted by atomic mass is 15.0. The standard InChI is InChI=1S/C12H16N2/c1-4-12(13-10(2)3)14-11-8-6-5-7-9-11/h4-10H,1H2,2-3H3,(H,13,14). The summed E-state index contributed by atoms with van der Waals surface area (Å²) in [4.78, 5) is 4.38. The van der Waals surface area contributed by atoms with E-state index in [9.17, 15) is 0 Å². The van der Waals surface area contributed by atoms with Crippen molar-refractivity contribution in [2.24, 2.45) is 4.99 Å². The predicted molar refractivity (Wildman–Crippen MR) is 62.8 cm³/mol. The molecule has 14 heavy (non-hydrogen) atoms. The van der Waals surface area contributed by atoms with Gasteiger partial charge in [0.1, 0.15) is 5.84 Å². The highest BCUT2D eigenvalue weighted by molar-refractivity contribution is 6.03. The molecule has 0 radical (unpaired) electrons. The van der Waals surface area contributed by atoms with Gasteiger partial charge in [-0.25, -0.2) is 0 Å². The molecule has 0 amide bonds. The second-order valence-corrected chi connectivity index (χ2v) is 3.30. The first-order valence-electron chi connectivity index (χ1n) is 4.74. The fourth-order valence-electron chi connectivity index (χ4n) is 1.08. The summed E-state index contributed by atoms with van der Waals surface area (Å²) in [6, 6.07) is 10.2. The Morgan fingerprint density at radius 3 is 2.50 bits per heavy atom. The maximum atomic E-state index is 4.38. The maximum Gasteiger partial charge on any atom is 0.124 e. The van der Waals surface area contributed by atoms with Gasteiger partial charge < -0.3 is 5.32 Å². The lowest BCUT2D eigenvalue weighted by molar-refractivity contribution is 0.837. The van der Waals surface area contributed by atoms with Crippen molar-refractivity contribution in [3.8, 4) is 0 Å². The third-order valence-electron chi connectivity index (χ3n) is 1.64. The fraction of sp³-hybridized carbons (Fsp3) is 0.250. The van der Waals surface area contributed by atoms with Crippen molar-refractivity contribution in [2.75, 3.05) is 5.32 Å². The molecule has 0 heterocycles. The largest absolute Gasteiger partial charge is 0.341 e. The number of benzene rings is 1. The number of hydrogen-bond acceptors (Lipinski definition) is 1. The highest BCUT2D eigenvalue weighted by Crippen LogP contribution is 2.05. The molecule has 0 aliphatic rings. The van der Waals surface area contributed by atoms with E-state index in [1.165, 1.54) is 0 Å². The van der Waals surface area contributed by atoms with Crippen molar-refractivity contribution < 1.29 is 0 Å². The van der Waals surface area contributed by atoms with Gasteiger partial charge in [-0.05, 0) is 32.1 Å². The summed E-state index contributed by atoms with van der Waals surface area (Å²) in [7, 11) is 0. The van der Waals surface area contributed by atoms with Gasteiger partial charge in [-0.15, -0.1) is 0 Å². The van der Waals surface area contributed by atoms with E-state index >= 15 is 0 Å². The lowest BCUT2D eigenvalue weighted by atomic mass is 10.3. The van der Waals surface area contributed by atoms with E-state index in [0.29, 0.717) is 0 Å². The summed E-state index contributed by atoms with van der Waals surface area (Å²) >= 11 is 0. The third-order valence-corrected chi connectivity index (χ3v) is 1.64. The molecule has 1 aromatic rings. The number of para-hydroxylation sites is 1. The monoisotopic (exact) mass is 188 g/mol. The average Bonchev–Trinajstić information content (AvgIpc) is 2.17. The summed E-state index contributed by atoms with van der Waals surface area (Å²) in [5.74, 6) is 0.811. The second-order valence-electron chi connectivity index (χ2n) is 3.30. The molecule has 0 spiro atoms. The Morgan fingerprint density at radius 1 is 1.36 bits per heavy atom. The van der Waals surface area contributed by atoms with Crippen LogP contribution in [0, 0.1) is 0 Å². The molecule has 0 aliphatic heterocycles. The molecule has 0 bridgehead atoms. The smallest absolute Gasteiger partial charge is 0.124 e. The van der Waals surface area contributed by atoms with Crippen LogP contribution in [-0.2, 0) is 0 Å². The number of amidine groups is 1. The molecule has 74 valence electrons. The van der Waals surface area contributed by atoms with E-state index in [2.05, 4.69) is 16.9 Å². The third kappa shape index (κ3) is 3.44. The van der Waals surface area contributed by atoms with Crippen LogP contribution in [0.2, 0.25) is 0 Å². The maximum absolute atomic E-state index is 4.38. The second kappa shape index (κ2) is 5.22. The Bertz CT molecular complexity index is 312. The number of anilines is 1. The quantitative estimate of drug-likeness (QED) is 0.572. The summed E-state index contributed by atoms with van der Waals surface area (Å²) in [6.07, 6.45) is 1.73. The van der Waals surface area contributed by atoms with Crippen molar-refractivity contribution in [3.05, 3.63) is 43.0 Å². The molecule has 1 aromatic carbocycles. The first-order valence-corrected chi connectivity index (χ1v) is 4.74. The molecule has 0 atom stereocenters. The Kier molecular flexibility index (Phi) is 3.92. The van der Waals surface area contributed by atoms with Crippen LogP contribution in [0.3, 0.4) is 0 Å². The topological polar surface area (TPSA) is 24.4 Å². The van der Waals surface area contributed by atoms with Crippen LogP contribution < -0.4 is 5.32 Å². The minimum Gasteiger partial charge on any atom is -0.341 e. The molecule has 0 saturated heterocycles. The van der Waals surface area contributed by atoms with Crippen molar-refractivity contribution in [3.63, 3.8) is 0 Å².